The summed E-state index contributed by atoms with van der Waals surface area (Å²) in [6.45, 7) is 3.76. The number of carbonyl (C=O) groups excluding carboxylic acids is 1. The second kappa shape index (κ2) is 6.55. The molecule has 136 valence electrons. The van der Waals surface area contributed by atoms with Crippen LogP contribution in [0.4, 0.5) is 10.1 Å². The number of rotatable bonds is 4. The molecule has 1 aliphatic carbocycles. The van der Waals surface area contributed by atoms with Gasteiger partial charge in [-0.05, 0) is 48.9 Å². The van der Waals surface area contributed by atoms with Gasteiger partial charge in [0.1, 0.15) is 5.82 Å². The van der Waals surface area contributed by atoms with Crippen molar-refractivity contribution in [3.8, 4) is 0 Å². The molecule has 2 fully saturated rings. The highest BCUT2D eigenvalue weighted by atomic mass is 19.1. The largest absolute Gasteiger partial charge is 0.359 e. The minimum absolute atomic E-state index is 0.00186. The first-order valence-electron chi connectivity index (χ1n) is 8.88. The minimum Gasteiger partial charge on any atom is -0.359 e. The first-order valence-corrected chi connectivity index (χ1v) is 8.88. The van der Waals surface area contributed by atoms with Gasteiger partial charge in [0.2, 0.25) is 5.91 Å². The molecule has 2 heterocycles. The number of piperazine rings is 1. The molecule has 1 N–H and O–H groups in total. The summed E-state index contributed by atoms with van der Waals surface area (Å²) in [5.74, 6) is 0.0190. The Morgan fingerprint density at radius 1 is 1.27 bits per heavy atom. The maximum Gasteiger partial charge on any atom is 0.269 e. The first-order chi connectivity index (χ1) is 12.5. The van der Waals surface area contributed by atoms with Crippen LogP contribution >= 0.6 is 0 Å². The Morgan fingerprint density at radius 2 is 2.08 bits per heavy atom. The smallest absolute Gasteiger partial charge is 0.269 e. The van der Waals surface area contributed by atoms with E-state index >= 15 is 0 Å². The molecule has 26 heavy (non-hydrogen) atoms. The fourth-order valence-electron chi connectivity index (χ4n) is 3.54. The number of amides is 1. The maximum absolute atomic E-state index is 13.3. The fourth-order valence-corrected chi connectivity index (χ4v) is 3.54. The van der Waals surface area contributed by atoms with Crippen LogP contribution in [-0.2, 0) is 11.3 Å². The van der Waals surface area contributed by atoms with Gasteiger partial charge in [-0.25, -0.2) is 9.49 Å². The lowest BCUT2D eigenvalue weighted by molar-refractivity contribution is -0.131. The van der Waals surface area contributed by atoms with Gasteiger partial charge >= 0.3 is 0 Å². The van der Waals surface area contributed by atoms with Crippen molar-refractivity contribution < 1.29 is 9.18 Å². The van der Waals surface area contributed by atoms with E-state index in [1.54, 1.807) is 17.2 Å². The van der Waals surface area contributed by atoms with Crippen molar-refractivity contribution in [1.82, 2.24) is 15.1 Å². The van der Waals surface area contributed by atoms with Gasteiger partial charge in [0.15, 0.2) is 0 Å². The molecule has 2 aromatic rings. The summed E-state index contributed by atoms with van der Waals surface area (Å²) in [6.07, 6.45) is 3.68. The summed E-state index contributed by atoms with van der Waals surface area (Å²) in [5.41, 5.74) is 3.18. The van der Waals surface area contributed by atoms with Crippen LogP contribution in [0, 0.1) is 12.7 Å². The molecule has 6 nitrogen and oxygen atoms in total. The Bertz CT molecular complexity index is 907. The molecule has 0 unspecified atom stereocenters. The number of aromatic nitrogens is 2. The van der Waals surface area contributed by atoms with Crippen molar-refractivity contribution in [2.45, 2.75) is 32.2 Å². The number of hydrogen-bond acceptors (Lipinski definition) is 4. The molecule has 0 atom stereocenters. The van der Waals surface area contributed by atoms with Gasteiger partial charge in [0.05, 0.1) is 18.4 Å². The highest BCUT2D eigenvalue weighted by molar-refractivity contribution is 5.83. The van der Waals surface area contributed by atoms with Crippen LogP contribution in [0.25, 0.3) is 0 Å². The molecule has 0 spiro atoms. The van der Waals surface area contributed by atoms with Crippen molar-refractivity contribution in [3.63, 3.8) is 0 Å². The zero-order chi connectivity index (χ0) is 18.3. The number of carbonyl (C=O) groups is 1. The van der Waals surface area contributed by atoms with Crippen molar-refractivity contribution in [2.75, 3.05) is 24.5 Å². The molecule has 7 heteroatoms. The number of aromatic amines is 1. The molecule has 1 aliphatic heterocycles. The number of H-pyrrole nitrogens is 1. The summed E-state index contributed by atoms with van der Waals surface area (Å²) in [7, 11) is 0. The van der Waals surface area contributed by atoms with E-state index in [1.807, 2.05) is 11.8 Å². The maximum atomic E-state index is 13.3. The number of nitrogens with zero attached hydrogens (tertiary/aromatic N) is 3. The van der Waals surface area contributed by atoms with E-state index < -0.39 is 0 Å². The van der Waals surface area contributed by atoms with Gasteiger partial charge in [-0.1, -0.05) is 6.07 Å². The van der Waals surface area contributed by atoms with Crippen molar-refractivity contribution in [2.24, 2.45) is 0 Å². The summed E-state index contributed by atoms with van der Waals surface area (Å²) in [6, 6.07) is 4.64. The van der Waals surface area contributed by atoms with Crippen LogP contribution in [-0.4, -0.2) is 40.6 Å². The van der Waals surface area contributed by atoms with Gasteiger partial charge in [0.25, 0.3) is 5.56 Å². The lowest BCUT2D eigenvalue weighted by Crippen LogP contribution is -2.50. The second-order valence-corrected chi connectivity index (χ2v) is 7.08. The van der Waals surface area contributed by atoms with E-state index in [2.05, 4.69) is 10.2 Å². The Balaban J connectivity index is 1.50. The second-order valence-electron chi connectivity index (χ2n) is 7.08. The Kier molecular flexibility index (Phi) is 4.22. The summed E-state index contributed by atoms with van der Waals surface area (Å²) in [5, 5.41) is 6.43. The number of aryl methyl sites for hydroxylation is 1. The van der Waals surface area contributed by atoms with Crippen LogP contribution in [0.1, 0.15) is 35.4 Å². The molecular formula is C19H21FN4O2. The fraction of sp³-hybridized carbons (Fsp3) is 0.421. The van der Waals surface area contributed by atoms with Crippen molar-refractivity contribution in [1.29, 1.82) is 0 Å². The number of nitrogens with one attached hydrogen (secondary N) is 1. The van der Waals surface area contributed by atoms with E-state index in [0.717, 1.165) is 35.2 Å². The first kappa shape index (κ1) is 16.8. The van der Waals surface area contributed by atoms with Gasteiger partial charge in [0, 0.05) is 25.2 Å². The van der Waals surface area contributed by atoms with Crippen LogP contribution < -0.4 is 10.5 Å². The number of benzene rings is 1. The SMILES string of the molecule is Cc1cc(F)ccc1CN1CCN(c2cn[nH]c(=O)c2C2CC2)CC1=O. The average Bonchev–Trinajstić information content (AvgIpc) is 3.43. The molecule has 1 saturated heterocycles. The van der Waals surface area contributed by atoms with E-state index in [1.165, 1.54) is 12.1 Å². The van der Waals surface area contributed by atoms with E-state index in [0.29, 0.717) is 19.6 Å². The normalized spacial score (nSPS) is 17.7. The van der Waals surface area contributed by atoms with Crippen molar-refractivity contribution in [3.05, 3.63) is 57.3 Å². The van der Waals surface area contributed by atoms with Gasteiger partial charge in [-0.15, -0.1) is 0 Å². The number of hydrogen-bond donors (Lipinski definition) is 1. The lowest BCUT2D eigenvalue weighted by Gasteiger charge is -2.36. The van der Waals surface area contributed by atoms with Crippen LogP contribution in [0.2, 0.25) is 0 Å². The minimum atomic E-state index is -0.267. The quantitative estimate of drug-likeness (QED) is 0.909. The third-order valence-electron chi connectivity index (χ3n) is 5.18. The number of halogens is 1. The molecule has 4 rings (SSSR count). The molecule has 2 aliphatic rings. The van der Waals surface area contributed by atoms with Crippen LogP contribution in [0.5, 0.6) is 0 Å². The highest BCUT2D eigenvalue weighted by Crippen LogP contribution is 2.42. The molecular weight excluding hydrogens is 335 g/mol. The third kappa shape index (κ3) is 3.21. The average molecular weight is 356 g/mol. The van der Waals surface area contributed by atoms with Gasteiger partial charge in [-0.2, -0.15) is 5.10 Å². The van der Waals surface area contributed by atoms with E-state index in [9.17, 15) is 14.0 Å². The predicted octanol–water partition coefficient (Wildman–Crippen LogP) is 1.94. The zero-order valence-corrected chi connectivity index (χ0v) is 14.7. The molecule has 0 radical (unpaired) electrons. The van der Waals surface area contributed by atoms with Gasteiger partial charge in [-0.3, -0.25) is 9.59 Å². The topological polar surface area (TPSA) is 69.3 Å². The molecule has 1 saturated carbocycles. The van der Waals surface area contributed by atoms with Crippen LogP contribution in [0.3, 0.4) is 0 Å². The Labute approximate surface area is 150 Å². The molecule has 1 aromatic carbocycles. The van der Waals surface area contributed by atoms with Gasteiger partial charge < -0.3 is 9.80 Å². The Morgan fingerprint density at radius 3 is 2.77 bits per heavy atom. The summed E-state index contributed by atoms with van der Waals surface area (Å²) in [4.78, 5) is 28.5. The van der Waals surface area contributed by atoms with E-state index in [4.69, 9.17) is 0 Å². The van der Waals surface area contributed by atoms with Crippen molar-refractivity contribution >= 4 is 11.6 Å². The standard InChI is InChI=1S/C19H21FN4O2/c1-12-8-15(20)5-4-14(12)10-24-7-6-23(11-17(24)25)16-9-21-22-19(26)18(16)13-2-3-13/h4-5,8-9,13H,2-3,6-7,10-11H2,1H3,(H,22,26). The third-order valence-corrected chi connectivity index (χ3v) is 5.18. The molecule has 1 aromatic heterocycles. The summed E-state index contributed by atoms with van der Waals surface area (Å²) >= 11 is 0. The molecule has 1 amide bonds. The van der Waals surface area contributed by atoms with E-state index in [-0.39, 0.29) is 29.7 Å². The highest BCUT2D eigenvalue weighted by Gasteiger charge is 2.33. The molecule has 0 bridgehead atoms. The number of anilines is 1. The zero-order valence-electron chi connectivity index (χ0n) is 14.7. The Hall–Kier alpha value is -2.70. The monoisotopic (exact) mass is 356 g/mol. The van der Waals surface area contributed by atoms with Crippen LogP contribution in [0.15, 0.2) is 29.2 Å². The summed E-state index contributed by atoms with van der Waals surface area (Å²) < 4.78 is 13.3. The predicted molar refractivity (Wildman–Crippen MR) is 95.6 cm³/mol. The lowest BCUT2D eigenvalue weighted by atomic mass is 10.1.